The van der Waals surface area contributed by atoms with Gasteiger partial charge < -0.3 is 10.2 Å². The van der Waals surface area contributed by atoms with Crippen LogP contribution in [0, 0.1) is 17.7 Å². The van der Waals surface area contributed by atoms with Crippen LogP contribution in [0.25, 0.3) is 11.4 Å². The number of fused-ring (bicyclic) bond motifs is 1. The van der Waals surface area contributed by atoms with E-state index in [0.29, 0.717) is 36.3 Å². The van der Waals surface area contributed by atoms with Crippen LogP contribution >= 0.6 is 0 Å². The molecule has 2 aliphatic rings. The minimum Gasteiger partial charge on any atom is -0.338 e. The molecule has 2 unspecified atom stereocenters. The molecule has 0 saturated carbocycles. The van der Waals surface area contributed by atoms with E-state index in [-0.39, 0.29) is 11.5 Å². The van der Waals surface area contributed by atoms with Gasteiger partial charge in [-0.2, -0.15) is 0 Å². The van der Waals surface area contributed by atoms with Crippen LogP contribution in [0.5, 0.6) is 0 Å². The fourth-order valence-corrected chi connectivity index (χ4v) is 3.55. The molecule has 6 heteroatoms. The highest BCUT2D eigenvalue weighted by Crippen LogP contribution is 2.30. The summed E-state index contributed by atoms with van der Waals surface area (Å²) < 4.78 is 14.4. The Bertz CT molecular complexity index is 725. The first-order chi connectivity index (χ1) is 11.2. The number of nitrogens with one attached hydrogen (secondary N) is 1. The predicted octanol–water partition coefficient (Wildman–Crippen LogP) is 1.57. The molecular weight excluding hydrogens is 295 g/mol. The van der Waals surface area contributed by atoms with E-state index in [2.05, 4.69) is 15.3 Å². The van der Waals surface area contributed by atoms with Crippen molar-refractivity contribution in [3.8, 4) is 11.4 Å². The summed E-state index contributed by atoms with van der Waals surface area (Å²) in [5.74, 6) is 0.538. The molecule has 1 aromatic heterocycles. The van der Waals surface area contributed by atoms with Gasteiger partial charge in [0.25, 0.3) is 5.91 Å². The molecule has 2 aromatic rings. The fourth-order valence-electron chi connectivity index (χ4n) is 3.55. The highest BCUT2D eigenvalue weighted by molar-refractivity contribution is 6.00. The Balaban J connectivity index is 1.70. The number of carbonyl (C=O) groups excluding carboxylic acids is 1. The molecule has 1 aromatic carbocycles. The molecule has 23 heavy (non-hydrogen) atoms. The summed E-state index contributed by atoms with van der Waals surface area (Å²) >= 11 is 0. The molecular formula is C17H17FN4O. The van der Waals surface area contributed by atoms with Crippen molar-refractivity contribution in [2.24, 2.45) is 11.8 Å². The zero-order valence-corrected chi connectivity index (χ0v) is 12.6. The highest BCUT2D eigenvalue weighted by atomic mass is 19.1. The summed E-state index contributed by atoms with van der Waals surface area (Å²) in [6.45, 7) is 3.22. The van der Waals surface area contributed by atoms with Crippen LogP contribution in [0.4, 0.5) is 4.39 Å². The number of nitrogens with zero attached hydrogens (tertiary/aromatic N) is 3. The molecule has 3 heterocycles. The molecule has 2 saturated heterocycles. The lowest BCUT2D eigenvalue weighted by molar-refractivity contribution is 0.0778. The second-order valence-electron chi connectivity index (χ2n) is 6.12. The standard InChI is InChI=1S/C17H17FN4O/c18-14-4-1-3-13(16-20-5-2-6-21-16)15(14)17(23)22-9-11-7-19-8-12(11)10-22/h1-6,11-12,19H,7-10H2. The Labute approximate surface area is 133 Å². The number of rotatable bonds is 2. The van der Waals surface area contributed by atoms with E-state index in [4.69, 9.17) is 0 Å². The Hall–Kier alpha value is -2.34. The van der Waals surface area contributed by atoms with Gasteiger partial charge in [-0.05, 0) is 24.0 Å². The smallest absolute Gasteiger partial charge is 0.257 e. The molecule has 1 amide bonds. The number of aromatic nitrogens is 2. The molecule has 2 aliphatic heterocycles. The molecule has 2 fully saturated rings. The summed E-state index contributed by atoms with van der Waals surface area (Å²) in [5.41, 5.74) is 0.525. The van der Waals surface area contributed by atoms with Crippen LogP contribution in [0.1, 0.15) is 10.4 Å². The quantitative estimate of drug-likeness (QED) is 0.914. The lowest BCUT2D eigenvalue weighted by atomic mass is 10.0. The molecule has 5 nitrogen and oxygen atoms in total. The number of amides is 1. The van der Waals surface area contributed by atoms with Crippen molar-refractivity contribution in [1.82, 2.24) is 20.2 Å². The van der Waals surface area contributed by atoms with Crippen LogP contribution in [0.15, 0.2) is 36.7 Å². The SMILES string of the molecule is O=C(c1c(F)cccc1-c1ncccn1)N1CC2CNCC2C1. The van der Waals surface area contributed by atoms with Crippen molar-refractivity contribution in [3.05, 3.63) is 48.0 Å². The molecule has 118 valence electrons. The summed E-state index contributed by atoms with van der Waals surface area (Å²) in [6, 6.07) is 6.29. The van der Waals surface area contributed by atoms with Gasteiger partial charge in [-0.3, -0.25) is 4.79 Å². The van der Waals surface area contributed by atoms with Crippen LogP contribution in [-0.2, 0) is 0 Å². The van der Waals surface area contributed by atoms with E-state index in [9.17, 15) is 9.18 Å². The maximum atomic E-state index is 14.4. The Morgan fingerprint density at radius 2 is 1.83 bits per heavy atom. The molecule has 0 aliphatic carbocycles. The topological polar surface area (TPSA) is 58.1 Å². The zero-order valence-electron chi connectivity index (χ0n) is 12.6. The third-order valence-electron chi connectivity index (χ3n) is 4.71. The maximum Gasteiger partial charge on any atom is 0.257 e. The van der Waals surface area contributed by atoms with Crippen molar-refractivity contribution in [2.45, 2.75) is 0 Å². The fraction of sp³-hybridized carbons (Fsp3) is 0.353. The molecule has 0 bridgehead atoms. The van der Waals surface area contributed by atoms with Gasteiger partial charge in [0.1, 0.15) is 5.82 Å². The second kappa shape index (κ2) is 5.70. The summed E-state index contributed by atoms with van der Waals surface area (Å²) in [6.07, 6.45) is 3.18. The lowest BCUT2D eigenvalue weighted by Crippen LogP contribution is -2.32. The molecule has 0 spiro atoms. The van der Waals surface area contributed by atoms with E-state index in [1.807, 2.05) is 0 Å². The van der Waals surface area contributed by atoms with Crippen LogP contribution in [0.3, 0.4) is 0 Å². The van der Waals surface area contributed by atoms with Gasteiger partial charge >= 0.3 is 0 Å². The van der Waals surface area contributed by atoms with Crippen molar-refractivity contribution in [1.29, 1.82) is 0 Å². The first-order valence-corrected chi connectivity index (χ1v) is 7.80. The Morgan fingerprint density at radius 3 is 2.52 bits per heavy atom. The first kappa shape index (κ1) is 14.3. The van der Waals surface area contributed by atoms with Crippen molar-refractivity contribution in [2.75, 3.05) is 26.2 Å². The first-order valence-electron chi connectivity index (χ1n) is 7.80. The number of carbonyl (C=O) groups is 1. The maximum absolute atomic E-state index is 14.4. The van der Waals surface area contributed by atoms with Gasteiger partial charge in [0.05, 0.1) is 5.56 Å². The molecule has 2 atom stereocenters. The van der Waals surface area contributed by atoms with E-state index < -0.39 is 5.82 Å². The Morgan fingerprint density at radius 1 is 1.13 bits per heavy atom. The zero-order chi connectivity index (χ0) is 15.8. The third kappa shape index (κ3) is 2.49. The normalized spacial score (nSPS) is 23.1. The average Bonchev–Trinajstić information content (AvgIpc) is 3.16. The summed E-state index contributed by atoms with van der Waals surface area (Å²) in [5, 5.41) is 3.34. The van der Waals surface area contributed by atoms with Gasteiger partial charge in [0.2, 0.25) is 0 Å². The van der Waals surface area contributed by atoms with E-state index in [0.717, 1.165) is 13.1 Å². The lowest BCUT2D eigenvalue weighted by Gasteiger charge is -2.19. The van der Waals surface area contributed by atoms with Gasteiger partial charge in [-0.25, -0.2) is 14.4 Å². The number of halogens is 1. The molecule has 4 rings (SSSR count). The van der Waals surface area contributed by atoms with E-state index >= 15 is 0 Å². The monoisotopic (exact) mass is 312 g/mol. The minimum absolute atomic E-state index is 0.0756. The van der Waals surface area contributed by atoms with Crippen molar-refractivity contribution < 1.29 is 9.18 Å². The number of likely N-dealkylation sites (tertiary alicyclic amines) is 1. The third-order valence-corrected chi connectivity index (χ3v) is 4.71. The largest absolute Gasteiger partial charge is 0.338 e. The van der Waals surface area contributed by atoms with E-state index in [1.54, 1.807) is 35.5 Å². The van der Waals surface area contributed by atoms with Gasteiger partial charge in [-0.15, -0.1) is 0 Å². The predicted molar refractivity (Wildman–Crippen MR) is 83.2 cm³/mol. The van der Waals surface area contributed by atoms with Crippen molar-refractivity contribution >= 4 is 5.91 Å². The van der Waals surface area contributed by atoms with Crippen LogP contribution in [-0.4, -0.2) is 47.0 Å². The van der Waals surface area contributed by atoms with Crippen molar-refractivity contribution in [3.63, 3.8) is 0 Å². The number of hydrogen-bond acceptors (Lipinski definition) is 4. The van der Waals surface area contributed by atoms with Crippen LogP contribution < -0.4 is 5.32 Å². The minimum atomic E-state index is -0.518. The highest BCUT2D eigenvalue weighted by Gasteiger charge is 2.39. The Kier molecular flexibility index (Phi) is 3.53. The molecule has 0 radical (unpaired) electrons. The van der Waals surface area contributed by atoms with Crippen LogP contribution in [0.2, 0.25) is 0 Å². The number of hydrogen-bond donors (Lipinski definition) is 1. The van der Waals surface area contributed by atoms with Gasteiger partial charge in [0.15, 0.2) is 5.82 Å². The van der Waals surface area contributed by atoms with Gasteiger partial charge in [-0.1, -0.05) is 12.1 Å². The second-order valence-corrected chi connectivity index (χ2v) is 6.12. The average molecular weight is 312 g/mol. The van der Waals surface area contributed by atoms with E-state index in [1.165, 1.54) is 6.07 Å². The van der Waals surface area contributed by atoms with Gasteiger partial charge in [0, 0.05) is 44.1 Å². The number of benzene rings is 1. The summed E-state index contributed by atoms with van der Waals surface area (Å²) in [4.78, 5) is 23.0. The molecule has 1 N–H and O–H groups in total. The summed E-state index contributed by atoms with van der Waals surface area (Å²) in [7, 11) is 0.